The van der Waals surface area contributed by atoms with Gasteiger partial charge in [0.15, 0.2) is 0 Å². The maximum Gasteiger partial charge on any atom is 0.238 e. The van der Waals surface area contributed by atoms with Crippen LogP contribution in [0.3, 0.4) is 0 Å². The van der Waals surface area contributed by atoms with E-state index >= 15 is 0 Å². The van der Waals surface area contributed by atoms with E-state index in [4.69, 9.17) is 5.73 Å². The average Bonchev–Trinajstić information content (AvgIpc) is 2.41. The summed E-state index contributed by atoms with van der Waals surface area (Å²) in [5.41, 5.74) is 5.64. The summed E-state index contributed by atoms with van der Waals surface area (Å²) in [7, 11) is 2.07. The van der Waals surface area contributed by atoms with Crippen molar-refractivity contribution in [2.75, 3.05) is 7.05 Å². The first-order valence-corrected chi connectivity index (χ1v) is 5.18. The third-order valence-corrected chi connectivity index (χ3v) is 4.96. The Hall–Kier alpha value is -0.570. The predicted molar refractivity (Wildman–Crippen MR) is 49.0 cm³/mol. The van der Waals surface area contributed by atoms with E-state index in [0.29, 0.717) is 11.5 Å². The fraction of sp³-hybridized carbons (Fsp3) is 0.900. The molecule has 1 amide bonds. The zero-order valence-corrected chi connectivity index (χ0v) is 8.05. The topological polar surface area (TPSA) is 46.3 Å². The zero-order chi connectivity index (χ0) is 9.27. The van der Waals surface area contributed by atoms with Crippen molar-refractivity contribution in [2.45, 2.75) is 43.7 Å². The molecule has 0 aromatic carbocycles. The largest absolute Gasteiger partial charge is 0.368 e. The minimum atomic E-state index is -0.240. The molecule has 3 rings (SSSR count). The number of piperidine rings is 1. The number of nitrogens with zero attached hydrogens (tertiary/aromatic N) is 1. The Kier molecular flexibility index (Phi) is 1.15. The van der Waals surface area contributed by atoms with Crippen molar-refractivity contribution >= 4 is 5.91 Å². The summed E-state index contributed by atoms with van der Waals surface area (Å²) in [5.74, 6) is -0.0801. The van der Waals surface area contributed by atoms with Crippen LogP contribution >= 0.6 is 0 Å². The van der Waals surface area contributed by atoms with Gasteiger partial charge in [-0.3, -0.25) is 9.69 Å². The summed E-state index contributed by atoms with van der Waals surface area (Å²) in [4.78, 5) is 13.8. The molecule has 0 bridgehead atoms. The van der Waals surface area contributed by atoms with E-state index in [1.54, 1.807) is 0 Å². The van der Waals surface area contributed by atoms with Crippen LogP contribution in [0.25, 0.3) is 0 Å². The van der Waals surface area contributed by atoms with Crippen molar-refractivity contribution in [3.8, 4) is 0 Å². The van der Waals surface area contributed by atoms with Gasteiger partial charge in [0.05, 0.1) is 0 Å². The molecule has 0 radical (unpaired) electrons. The predicted octanol–water partition coefficient (Wildman–Crippen LogP) is 0.489. The molecular formula is C10H16N2O. The average molecular weight is 180 g/mol. The van der Waals surface area contributed by atoms with Crippen molar-refractivity contribution < 1.29 is 4.79 Å². The highest BCUT2D eigenvalue weighted by atomic mass is 16.2. The van der Waals surface area contributed by atoms with Gasteiger partial charge in [-0.15, -0.1) is 0 Å². The monoisotopic (exact) mass is 180 g/mol. The Bertz CT molecular complexity index is 291. The summed E-state index contributed by atoms with van der Waals surface area (Å²) in [6.07, 6.45) is 5.90. The molecule has 0 aromatic heterocycles. The zero-order valence-electron chi connectivity index (χ0n) is 8.05. The van der Waals surface area contributed by atoms with Crippen LogP contribution < -0.4 is 5.73 Å². The van der Waals surface area contributed by atoms with Crippen molar-refractivity contribution in [3.63, 3.8) is 0 Å². The Morgan fingerprint density at radius 1 is 1.46 bits per heavy atom. The number of primary amides is 1. The van der Waals surface area contributed by atoms with Gasteiger partial charge in [-0.1, -0.05) is 6.42 Å². The van der Waals surface area contributed by atoms with E-state index in [2.05, 4.69) is 11.9 Å². The number of likely N-dealkylation sites (N-methyl/N-ethyl adjacent to an activating group) is 1. The molecule has 3 unspecified atom stereocenters. The second-order valence-electron chi connectivity index (χ2n) is 4.90. The number of rotatable bonds is 1. The normalized spacial score (nSPS) is 53.2. The van der Waals surface area contributed by atoms with Crippen LogP contribution in [0.2, 0.25) is 0 Å². The second-order valence-corrected chi connectivity index (χ2v) is 4.90. The molecule has 3 heteroatoms. The highest BCUT2D eigenvalue weighted by Crippen LogP contribution is 2.70. The molecule has 72 valence electrons. The smallest absolute Gasteiger partial charge is 0.238 e. The van der Waals surface area contributed by atoms with Crippen LogP contribution in [0.1, 0.15) is 32.1 Å². The van der Waals surface area contributed by atoms with Gasteiger partial charge in [0, 0.05) is 11.5 Å². The lowest BCUT2D eigenvalue weighted by molar-refractivity contribution is -0.233. The summed E-state index contributed by atoms with van der Waals surface area (Å²) >= 11 is 0. The lowest BCUT2D eigenvalue weighted by Crippen LogP contribution is -2.84. The van der Waals surface area contributed by atoms with Gasteiger partial charge in [-0.25, -0.2) is 0 Å². The molecule has 3 nitrogen and oxygen atoms in total. The number of amides is 1. The second kappa shape index (κ2) is 1.92. The summed E-state index contributed by atoms with van der Waals surface area (Å²) in [6.45, 7) is 0. The Morgan fingerprint density at radius 2 is 2.23 bits per heavy atom. The third-order valence-electron chi connectivity index (χ3n) is 4.96. The fourth-order valence-corrected chi connectivity index (χ4v) is 4.35. The minimum absolute atomic E-state index is 0.0801. The first-order valence-electron chi connectivity index (χ1n) is 5.18. The van der Waals surface area contributed by atoms with E-state index in [1.807, 2.05) is 0 Å². The van der Waals surface area contributed by atoms with Gasteiger partial charge in [-0.05, 0) is 32.7 Å². The molecule has 2 aliphatic carbocycles. The molecule has 13 heavy (non-hydrogen) atoms. The summed E-state index contributed by atoms with van der Waals surface area (Å²) < 4.78 is 0. The van der Waals surface area contributed by atoms with Crippen LogP contribution in [-0.4, -0.2) is 29.4 Å². The Morgan fingerprint density at radius 3 is 2.69 bits per heavy atom. The number of nitrogens with two attached hydrogens (primary N) is 1. The minimum Gasteiger partial charge on any atom is -0.368 e. The van der Waals surface area contributed by atoms with Gasteiger partial charge in [0.2, 0.25) is 5.91 Å². The quantitative estimate of drug-likeness (QED) is 0.638. The lowest BCUT2D eigenvalue weighted by atomic mass is 9.47. The van der Waals surface area contributed by atoms with Crippen LogP contribution in [0, 0.1) is 5.41 Å². The molecule has 3 aliphatic rings. The van der Waals surface area contributed by atoms with Gasteiger partial charge in [-0.2, -0.15) is 0 Å². The number of carbonyl (C=O) groups is 1. The summed E-state index contributed by atoms with van der Waals surface area (Å²) in [5, 5.41) is 0. The van der Waals surface area contributed by atoms with E-state index in [1.165, 1.54) is 25.7 Å². The number of carbonyl (C=O) groups excluding carboxylic acids is 1. The van der Waals surface area contributed by atoms with E-state index in [0.717, 1.165) is 6.42 Å². The third kappa shape index (κ3) is 0.515. The van der Waals surface area contributed by atoms with Gasteiger partial charge >= 0.3 is 0 Å². The molecule has 1 saturated heterocycles. The molecule has 2 N–H and O–H groups in total. The molecule has 2 saturated carbocycles. The lowest BCUT2D eigenvalue weighted by Gasteiger charge is -2.72. The number of hydrogen-bond acceptors (Lipinski definition) is 2. The first-order chi connectivity index (χ1) is 6.15. The molecule has 3 atom stereocenters. The SMILES string of the molecule is CN1C2CCC23CCCC13C(N)=O. The van der Waals surface area contributed by atoms with Crippen LogP contribution in [0.15, 0.2) is 0 Å². The van der Waals surface area contributed by atoms with E-state index in [9.17, 15) is 4.79 Å². The first kappa shape index (κ1) is 7.80. The summed E-state index contributed by atoms with van der Waals surface area (Å²) in [6, 6.07) is 0.669. The Balaban J connectivity index is 2.06. The van der Waals surface area contributed by atoms with Crippen molar-refractivity contribution in [1.82, 2.24) is 4.90 Å². The van der Waals surface area contributed by atoms with Gasteiger partial charge in [0.1, 0.15) is 5.54 Å². The Labute approximate surface area is 78.3 Å². The molecule has 0 aromatic rings. The maximum absolute atomic E-state index is 11.6. The molecule has 1 spiro atoms. The molecular weight excluding hydrogens is 164 g/mol. The highest BCUT2D eigenvalue weighted by molar-refractivity contribution is 5.88. The van der Waals surface area contributed by atoms with Crippen molar-refractivity contribution in [3.05, 3.63) is 0 Å². The van der Waals surface area contributed by atoms with Gasteiger partial charge in [0.25, 0.3) is 0 Å². The van der Waals surface area contributed by atoms with E-state index < -0.39 is 0 Å². The van der Waals surface area contributed by atoms with Gasteiger partial charge < -0.3 is 5.73 Å². The van der Waals surface area contributed by atoms with Crippen LogP contribution in [-0.2, 0) is 4.79 Å². The maximum atomic E-state index is 11.6. The standard InChI is InChI=1S/C10H16N2O/c1-12-7-3-6-9(7)4-2-5-10(9,12)8(11)13/h7H,2-6H2,1H3,(H2,11,13). The van der Waals surface area contributed by atoms with Crippen molar-refractivity contribution in [2.24, 2.45) is 11.1 Å². The molecule has 1 heterocycles. The number of hydrogen-bond donors (Lipinski definition) is 1. The fourth-order valence-electron chi connectivity index (χ4n) is 4.35. The molecule has 3 fully saturated rings. The van der Waals surface area contributed by atoms with E-state index in [-0.39, 0.29) is 11.4 Å². The van der Waals surface area contributed by atoms with Crippen LogP contribution in [0.4, 0.5) is 0 Å². The molecule has 1 aliphatic heterocycles. The van der Waals surface area contributed by atoms with Crippen LogP contribution in [0.5, 0.6) is 0 Å². The number of likely N-dealkylation sites (tertiary alicyclic amines) is 1. The van der Waals surface area contributed by atoms with Crippen molar-refractivity contribution in [1.29, 1.82) is 0 Å². The highest BCUT2D eigenvalue weighted by Gasteiger charge is 2.77.